The number of nitriles is 1. The van der Waals surface area contributed by atoms with Gasteiger partial charge in [-0.1, -0.05) is 6.07 Å². The third kappa shape index (κ3) is 3.38. The fourth-order valence-electron chi connectivity index (χ4n) is 6.54. The zero-order valence-corrected chi connectivity index (χ0v) is 22.3. The smallest absolute Gasteiger partial charge is 0.216 e. The molecule has 2 bridgehead atoms. The summed E-state index contributed by atoms with van der Waals surface area (Å²) in [6.07, 6.45) is 2.28. The van der Waals surface area contributed by atoms with Gasteiger partial charge in [-0.15, -0.1) is 0 Å². The molecule has 0 aromatic heterocycles. The topological polar surface area (TPSA) is 139 Å². The van der Waals surface area contributed by atoms with Crippen LogP contribution in [0.25, 0.3) is 6.08 Å². The lowest BCUT2D eigenvalue weighted by molar-refractivity contribution is -0.119. The first kappa shape index (κ1) is 25.5. The second-order valence-electron chi connectivity index (χ2n) is 10.2. The van der Waals surface area contributed by atoms with Gasteiger partial charge in [0.15, 0.2) is 23.0 Å². The Morgan fingerprint density at radius 2 is 1.79 bits per heavy atom. The molecule has 3 aliphatic heterocycles. The molecule has 3 heterocycles. The van der Waals surface area contributed by atoms with Crippen LogP contribution in [-0.2, 0) is 11.2 Å². The number of fused-ring (bicyclic) bond motifs is 7. The van der Waals surface area contributed by atoms with Crippen molar-refractivity contribution in [1.82, 2.24) is 15.1 Å². The number of aromatic hydroxyl groups is 3. The van der Waals surface area contributed by atoms with Gasteiger partial charge >= 0.3 is 0 Å². The van der Waals surface area contributed by atoms with Crippen LogP contribution >= 0.6 is 0 Å². The van der Waals surface area contributed by atoms with E-state index in [0.717, 1.165) is 11.1 Å². The Hall–Kier alpha value is -4.10. The lowest BCUT2D eigenvalue weighted by Gasteiger charge is -2.57. The second-order valence-corrected chi connectivity index (χ2v) is 10.2. The van der Waals surface area contributed by atoms with Gasteiger partial charge in [-0.2, -0.15) is 5.26 Å². The number of hydrogen-bond donors (Lipinski definition) is 4. The van der Waals surface area contributed by atoms with E-state index >= 15 is 0 Å². The zero-order chi connectivity index (χ0) is 27.6. The van der Waals surface area contributed by atoms with Crippen molar-refractivity contribution in [2.75, 3.05) is 27.8 Å². The molecule has 3 aliphatic rings. The van der Waals surface area contributed by atoms with Crippen molar-refractivity contribution in [2.24, 2.45) is 0 Å². The number of carbonyl (C=O) groups is 1. The summed E-state index contributed by atoms with van der Waals surface area (Å²) in [4.78, 5) is 16.0. The van der Waals surface area contributed by atoms with Gasteiger partial charge in [-0.3, -0.25) is 9.69 Å². The van der Waals surface area contributed by atoms with Crippen LogP contribution in [0.1, 0.15) is 52.4 Å². The molecule has 10 heteroatoms. The Morgan fingerprint density at radius 1 is 1.13 bits per heavy atom. The van der Waals surface area contributed by atoms with Crippen LogP contribution in [0.3, 0.4) is 0 Å². The van der Waals surface area contributed by atoms with E-state index in [9.17, 15) is 25.4 Å². The van der Waals surface area contributed by atoms with Gasteiger partial charge in [0, 0.05) is 47.5 Å². The third-order valence-corrected chi connectivity index (χ3v) is 8.20. The van der Waals surface area contributed by atoms with Crippen molar-refractivity contribution in [2.45, 2.75) is 51.4 Å². The van der Waals surface area contributed by atoms with E-state index in [4.69, 9.17) is 9.47 Å². The van der Waals surface area contributed by atoms with E-state index in [0.29, 0.717) is 40.1 Å². The Bertz CT molecular complexity index is 1430. The summed E-state index contributed by atoms with van der Waals surface area (Å²) < 4.78 is 10.9. The average Bonchev–Trinajstić information content (AvgIpc) is 2.86. The summed E-state index contributed by atoms with van der Waals surface area (Å²) in [5.41, 5.74) is 4.20. The van der Waals surface area contributed by atoms with Crippen LogP contribution in [0.5, 0.6) is 28.7 Å². The number of phenols is 3. The van der Waals surface area contributed by atoms with Gasteiger partial charge in [-0.25, -0.2) is 0 Å². The Labute approximate surface area is 221 Å². The molecule has 2 aromatic rings. The fourth-order valence-corrected chi connectivity index (χ4v) is 6.54. The van der Waals surface area contributed by atoms with Crippen molar-refractivity contribution >= 4 is 12.0 Å². The molecule has 1 saturated heterocycles. The number of methoxy groups -OCH3 is 2. The first-order chi connectivity index (χ1) is 18.1. The molecular formula is C28H32N4O6. The number of piperazine rings is 1. The maximum atomic E-state index is 12.0. The number of phenolic OH excluding ortho intramolecular Hbond substituents is 3. The van der Waals surface area contributed by atoms with E-state index in [1.165, 1.54) is 21.1 Å². The summed E-state index contributed by atoms with van der Waals surface area (Å²) in [5, 5.41) is 47.3. The molecule has 1 fully saturated rings. The molecule has 2 aromatic carbocycles. The number of ether oxygens (including phenoxy) is 2. The SMILES string of the molecule is COc1c(C)cc2c(c1O)[C@@H]1C3=Cc4c(O)c(C)c(OC)c(O)c4[C@H](CNC(C)=O)N3[C@@H](C#N)[C@H](C2)N1C. The number of carbonyl (C=O) groups excluding carboxylic acids is 1. The van der Waals surface area contributed by atoms with Gasteiger partial charge in [0.1, 0.15) is 11.8 Å². The average molecular weight is 521 g/mol. The van der Waals surface area contributed by atoms with Gasteiger partial charge in [0.2, 0.25) is 5.91 Å². The highest BCUT2D eigenvalue weighted by Crippen LogP contribution is 2.57. The van der Waals surface area contributed by atoms with E-state index in [-0.39, 0.29) is 41.5 Å². The van der Waals surface area contributed by atoms with Crippen molar-refractivity contribution in [3.05, 3.63) is 45.1 Å². The maximum Gasteiger partial charge on any atom is 0.216 e. The van der Waals surface area contributed by atoms with Crippen molar-refractivity contribution in [3.63, 3.8) is 0 Å². The summed E-state index contributed by atoms with van der Waals surface area (Å²) in [5.74, 6) is 0.0846. The van der Waals surface area contributed by atoms with Gasteiger partial charge in [-0.05, 0) is 44.5 Å². The first-order valence-corrected chi connectivity index (χ1v) is 12.4. The largest absolute Gasteiger partial charge is 0.507 e. The first-order valence-electron chi connectivity index (χ1n) is 12.4. The molecular weight excluding hydrogens is 488 g/mol. The van der Waals surface area contributed by atoms with Gasteiger partial charge < -0.3 is 35.0 Å². The van der Waals surface area contributed by atoms with Gasteiger partial charge in [0.25, 0.3) is 0 Å². The summed E-state index contributed by atoms with van der Waals surface area (Å²) in [6, 6.07) is 2.40. The number of rotatable bonds is 4. The molecule has 4 N–H and O–H groups in total. The van der Waals surface area contributed by atoms with Crippen LogP contribution in [0.15, 0.2) is 11.8 Å². The minimum atomic E-state index is -0.686. The molecule has 4 atom stereocenters. The van der Waals surface area contributed by atoms with Crippen LogP contribution in [0, 0.1) is 25.2 Å². The van der Waals surface area contributed by atoms with Crippen LogP contribution in [-0.4, -0.2) is 70.9 Å². The summed E-state index contributed by atoms with van der Waals surface area (Å²) in [7, 11) is 4.84. The molecule has 200 valence electrons. The van der Waals surface area contributed by atoms with Gasteiger partial charge in [0.05, 0.1) is 32.4 Å². The second kappa shape index (κ2) is 9.03. The number of hydrogen-bond acceptors (Lipinski definition) is 9. The predicted molar refractivity (Wildman–Crippen MR) is 139 cm³/mol. The minimum Gasteiger partial charge on any atom is -0.507 e. The standard InChI is InChI=1S/C28H32N4O6/c1-12-7-15-8-17-19(10-29)32-18(23(31(17)4)21(15)25(35)27(12)37-5)9-16-22(20(32)11-30-14(3)33)26(36)28(38-6)13(2)24(16)34/h7,9,17,19-20,23,34-36H,8,11H2,1-6H3,(H,30,33)/t17-,19-,20-,23-/m0/s1. The monoisotopic (exact) mass is 520 g/mol. The molecule has 10 nitrogen and oxygen atoms in total. The van der Waals surface area contributed by atoms with Crippen LogP contribution in [0.2, 0.25) is 0 Å². The molecule has 0 unspecified atom stereocenters. The number of aryl methyl sites for hydroxylation is 1. The fraction of sp³-hybridized carbons (Fsp3) is 0.429. The molecule has 38 heavy (non-hydrogen) atoms. The molecule has 0 saturated carbocycles. The maximum absolute atomic E-state index is 12.0. The number of benzene rings is 2. The van der Waals surface area contributed by atoms with E-state index < -0.39 is 18.1 Å². The molecule has 0 radical (unpaired) electrons. The minimum absolute atomic E-state index is 0.0382. The Balaban J connectivity index is 1.84. The molecule has 0 spiro atoms. The van der Waals surface area contributed by atoms with Crippen molar-refractivity contribution in [3.8, 4) is 34.8 Å². The number of nitrogens with zero attached hydrogens (tertiary/aromatic N) is 3. The Kier molecular flexibility index (Phi) is 6.07. The number of nitrogens with one attached hydrogen (secondary N) is 1. The van der Waals surface area contributed by atoms with E-state index in [1.54, 1.807) is 13.0 Å². The molecule has 5 rings (SSSR count). The normalized spacial score (nSPS) is 23.4. The predicted octanol–water partition coefficient (Wildman–Crippen LogP) is 2.77. The van der Waals surface area contributed by atoms with Crippen molar-refractivity contribution in [1.29, 1.82) is 5.26 Å². The van der Waals surface area contributed by atoms with E-state index in [1.807, 2.05) is 24.9 Å². The van der Waals surface area contributed by atoms with Crippen LogP contribution in [0.4, 0.5) is 0 Å². The summed E-state index contributed by atoms with van der Waals surface area (Å²) in [6.45, 7) is 5.00. The quantitative estimate of drug-likeness (QED) is 0.448. The molecule has 1 amide bonds. The Morgan fingerprint density at radius 3 is 2.39 bits per heavy atom. The zero-order valence-electron chi connectivity index (χ0n) is 22.3. The lowest BCUT2D eigenvalue weighted by Crippen LogP contribution is -2.62. The third-order valence-electron chi connectivity index (χ3n) is 8.20. The van der Waals surface area contributed by atoms with E-state index in [2.05, 4.69) is 16.3 Å². The van der Waals surface area contributed by atoms with Crippen LogP contribution < -0.4 is 14.8 Å². The molecule has 0 aliphatic carbocycles. The number of amides is 1. The number of likely N-dealkylation sites (N-methyl/N-ethyl adjacent to an activating group) is 1. The lowest BCUT2D eigenvalue weighted by atomic mass is 9.75. The van der Waals surface area contributed by atoms with Crippen molar-refractivity contribution < 1.29 is 29.6 Å². The highest BCUT2D eigenvalue weighted by molar-refractivity contribution is 5.77. The summed E-state index contributed by atoms with van der Waals surface area (Å²) >= 11 is 0. The highest BCUT2D eigenvalue weighted by atomic mass is 16.5. The highest BCUT2D eigenvalue weighted by Gasteiger charge is 2.53.